The smallest absolute Gasteiger partial charge is 0.326 e. The van der Waals surface area contributed by atoms with E-state index in [0.717, 1.165) is 19.4 Å². The fourth-order valence-corrected chi connectivity index (χ4v) is 1.29. The summed E-state index contributed by atoms with van der Waals surface area (Å²) in [4.78, 5) is 22.3. The third-order valence-electron chi connectivity index (χ3n) is 2.51. The van der Waals surface area contributed by atoms with Crippen molar-refractivity contribution < 1.29 is 14.7 Å². The Balaban J connectivity index is 4.09. The molecule has 3 N–H and O–H groups in total. The Morgan fingerprint density at radius 1 is 1.31 bits per heavy atom. The van der Waals surface area contributed by atoms with Gasteiger partial charge in [-0.15, -0.1) is 0 Å². The molecule has 0 saturated heterocycles. The molecule has 0 aromatic rings. The highest BCUT2D eigenvalue weighted by Gasteiger charge is 2.24. The molecule has 0 aromatic carbocycles. The van der Waals surface area contributed by atoms with Gasteiger partial charge in [-0.25, -0.2) is 4.79 Å². The molecular weight excluding hydrogens is 208 g/mol. The minimum absolute atomic E-state index is 0.0624. The van der Waals surface area contributed by atoms with Crippen LogP contribution in [0, 0.1) is 5.92 Å². The zero-order valence-corrected chi connectivity index (χ0v) is 10.2. The number of carboxylic acids is 1. The van der Waals surface area contributed by atoms with Gasteiger partial charge in [-0.3, -0.25) is 4.79 Å². The number of aliphatic carboxylic acids is 1. The molecule has 1 unspecified atom stereocenters. The van der Waals surface area contributed by atoms with E-state index in [1.807, 2.05) is 20.8 Å². The molecule has 0 spiro atoms. The van der Waals surface area contributed by atoms with E-state index >= 15 is 0 Å². The van der Waals surface area contributed by atoms with Crippen molar-refractivity contribution in [2.45, 2.75) is 39.7 Å². The second-order valence-corrected chi connectivity index (χ2v) is 3.95. The summed E-state index contributed by atoms with van der Waals surface area (Å²) in [5.41, 5.74) is 0. The predicted octanol–water partition coefficient (Wildman–Crippen LogP) is 0.601. The van der Waals surface area contributed by atoms with E-state index in [0.29, 0.717) is 0 Å². The lowest BCUT2D eigenvalue weighted by atomic mass is 9.99. The average molecular weight is 230 g/mol. The highest BCUT2D eigenvalue weighted by molar-refractivity contribution is 5.84. The van der Waals surface area contributed by atoms with E-state index in [1.165, 1.54) is 0 Å². The first-order valence-electron chi connectivity index (χ1n) is 5.75. The van der Waals surface area contributed by atoms with Gasteiger partial charge in [0.2, 0.25) is 5.91 Å². The van der Waals surface area contributed by atoms with Crippen LogP contribution in [-0.2, 0) is 9.59 Å². The normalized spacial score (nSPS) is 14.2. The summed E-state index contributed by atoms with van der Waals surface area (Å²) in [5, 5.41) is 14.4. The molecule has 0 bridgehead atoms. The molecule has 0 aliphatic carbocycles. The van der Waals surface area contributed by atoms with Crippen molar-refractivity contribution in [3.05, 3.63) is 0 Å². The molecule has 0 aromatic heterocycles. The Kier molecular flexibility index (Phi) is 7.54. The van der Waals surface area contributed by atoms with Crippen LogP contribution in [0.15, 0.2) is 0 Å². The molecule has 0 fully saturated rings. The van der Waals surface area contributed by atoms with Gasteiger partial charge in [0, 0.05) is 0 Å². The minimum Gasteiger partial charge on any atom is -0.480 e. The number of nitrogens with one attached hydrogen (secondary N) is 2. The molecule has 1 amide bonds. The number of carboxylic acid groups (broad SMARTS) is 1. The molecular formula is C11H22N2O3. The molecule has 94 valence electrons. The monoisotopic (exact) mass is 230 g/mol. The van der Waals surface area contributed by atoms with Crippen molar-refractivity contribution in [2.24, 2.45) is 5.92 Å². The lowest BCUT2D eigenvalue weighted by molar-refractivity contribution is -0.143. The van der Waals surface area contributed by atoms with Crippen molar-refractivity contribution in [3.8, 4) is 0 Å². The number of hydrogen-bond donors (Lipinski definition) is 3. The Morgan fingerprint density at radius 2 is 1.94 bits per heavy atom. The molecule has 5 nitrogen and oxygen atoms in total. The molecule has 0 heterocycles. The molecule has 0 saturated carbocycles. The number of amides is 1. The summed E-state index contributed by atoms with van der Waals surface area (Å²) in [6.45, 7) is 6.66. The number of carbonyl (C=O) groups is 2. The Bertz CT molecular complexity index is 231. The zero-order chi connectivity index (χ0) is 12.6. The Morgan fingerprint density at radius 3 is 2.38 bits per heavy atom. The van der Waals surface area contributed by atoms with E-state index in [1.54, 1.807) is 0 Å². The number of hydrogen-bond acceptors (Lipinski definition) is 3. The van der Waals surface area contributed by atoms with E-state index in [9.17, 15) is 9.59 Å². The van der Waals surface area contributed by atoms with Crippen LogP contribution in [0.25, 0.3) is 0 Å². The highest BCUT2D eigenvalue weighted by Crippen LogP contribution is 2.07. The van der Waals surface area contributed by atoms with Gasteiger partial charge >= 0.3 is 5.97 Å². The van der Waals surface area contributed by atoms with Gasteiger partial charge in [0.05, 0.1) is 6.54 Å². The van der Waals surface area contributed by atoms with Crippen LogP contribution in [0.4, 0.5) is 0 Å². The maximum Gasteiger partial charge on any atom is 0.326 e. The number of rotatable bonds is 8. The summed E-state index contributed by atoms with van der Waals surface area (Å²) in [6, 6.07) is -0.791. The molecule has 16 heavy (non-hydrogen) atoms. The van der Waals surface area contributed by atoms with Gasteiger partial charge in [-0.2, -0.15) is 0 Å². The predicted molar refractivity (Wildman–Crippen MR) is 62.2 cm³/mol. The largest absolute Gasteiger partial charge is 0.480 e. The second-order valence-electron chi connectivity index (χ2n) is 3.95. The van der Waals surface area contributed by atoms with Crippen molar-refractivity contribution in [3.63, 3.8) is 0 Å². The van der Waals surface area contributed by atoms with Crippen LogP contribution in [0.2, 0.25) is 0 Å². The SMILES string of the molecule is CCCNCC(=O)N[C@H](C(=O)O)C(C)CC. The van der Waals surface area contributed by atoms with Gasteiger partial charge in [0.1, 0.15) is 6.04 Å². The van der Waals surface area contributed by atoms with E-state index in [-0.39, 0.29) is 18.4 Å². The fraction of sp³-hybridized carbons (Fsp3) is 0.818. The van der Waals surface area contributed by atoms with Crippen LogP contribution in [0.1, 0.15) is 33.6 Å². The van der Waals surface area contributed by atoms with Crippen molar-refractivity contribution >= 4 is 11.9 Å². The summed E-state index contributed by atoms with van der Waals surface area (Å²) >= 11 is 0. The molecule has 2 atom stereocenters. The Hall–Kier alpha value is -1.10. The van der Waals surface area contributed by atoms with Crippen LogP contribution in [0.3, 0.4) is 0 Å². The van der Waals surface area contributed by atoms with Crippen LogP contribution in [0.5, 0.6) is 0 Å². The quantitative estimate of drug-likeness (QED) is 0.534. The zero-order valence-electron chi connectivity index (χ0n) is 10.2. The van der Waals surface area contributed by atoms with E-state index in [2.05, 4.69) is 10.6 Å². The highest BCUT2D eigenvalue weighted by atomic mass is 16.4. The third-order valence-corrected chi connectivity index (χ3v) is 2.51. The van der Waals surface area contributed by atoms with Gasteiger partial charge in [0.15, 0.2) is 0 Å². The fourth-order valence-electron chi connectivity index (χ4n) is 1.29. The average Bonchev–Trinajstić information content (AvgIpc) is 2.25. The van der Waals surface area contributed by atoms with Crippen molar-refractivity contribution in [2.75, 3.05) is 13.1 Å². The number of carbonyl (C=O) groups excluding carboxylic acids is 1. The maximum absolute atomic E-state index is 11.4. The first-order chi connectivity index (χ1) is 7.52. The molecule has 5 heteroatoms. The maximum atomic E-state index is 11.4. The van der Waals surface area contributed by atoms with E-state index in [4.69, 9.17) is 5.11 Å². The Labute approximate surface area is 96.6 Å². The first kappa shape index (κ1) is 14.9. The van der Waals surface area contributed by atoms with Crippen LogP contribution < -0.4 is 10.6 Å². The summed E-state index contributed by atoms with van der Waals surface area (Å²) in [7, 11) is 0. The summed E-state index contributed by atoms with van der Waals surface area (Å²) in [6.07, 6.45) is 1.67. The lowest BCUT2D eigenvalue weighted by Crippen LogP contribution is -2.47. The standard InChI is InChI=1S/C11H22N2O3/c1-4-6-12-7-9(14)13-10(11(15)16)8(3)5-2/h8,10,12H,4-7H2,1-3H3,(H,13,14)(H,15,16)/t8?,10-/m0/s1. The molecule has 0 aliphatic rings. The molecule has 0 aliphatic heterocycles. The first-order valence-corrected chi connectivity index (χ1v) is 5.75. The molecule has 0 radical (unpaired) electrons. The minimum atomic E-state index is -0.974. The summed E-state index contributed by atoms with van der Waals surface area (Å²) in [5.74, 6) is -1.30. The van der Waals surface area contributed by atoms with Crippen LogP contribution in [-0.4, -0.2) is 36.1 Å². The molecule has 0 rings (SSSR count). The van der Waals surface area contributed by atoms with Crippen molar-refractivity contribution in [1.29, 1.82) is 0 Å². The van der Waals surface area contributed by atoms with Gasteiger partial charge in [-0.05, 0) is 18.9 Å². The topological polar surface area (TPSA) is 78.4 Å². The van der Waals surface area contributed by atoms with Gasteiger partial charge in [0.25, 0.3) is 0 Å². The van der Waals surface area contributed by atoms with Crippen molar-refractivity contribution in [1.82, 2.24) is 10.6 Å². The van der Waals surface area contributed by atoms with Gasteiger partial charge < -0.3 is 15.7 Å². The van der Waals surface area contributed by atoms with Crippen LogP contribution >= 0.6 is 0 Å². The summed E-state index contributed by atoms with van der Waals surface area (Å²) < 4.78 is 0. The third kappa shape index (κ3) is 5.70. The lowest BCUT2D eigenvalue weighted by Gasteiger charge is -2.20. The second kappa shape index (κ2) is 8.10. The van der Waals surface area contributed by atoms with Gasteiger partial charge in [-0.1, -0.05) is 27.2 Å². The van der Waals surface area contributed by atoms with E-state index < -0.39 is 12.0 Å².